The van der Waals surface area contributed by atoms with E-state index in [9.17, 15) is 24.0 Å². The molecule has 2 amide bonds. The zero-order valence-corrected chi connectivity index (χ0v) is 20.7. The van der Waals surface area contributed by atoms with Crippen LogP contribution in [0.2, 0.25) is 0 Å². The van der Waals surface area contributed by atoms with Gasteiger partial charge in [0.2, 0.25) is 11.8 Å². The average Bonchev–Trinajstić information content (AvgIpc) is 3.08. The second-order valence-electron chi connectivity index (χ2n) is 8.66. The molecule has 0 bridgehead atoms. The van der Waals surface area contributed by atoms with E-state index in [2.05, 4.69) is 10.6 Å². The first-order valence-electron chi connectivity index (χ1n) is 11.5. The lowest BCUT2D eigenvalue weighted by molar-refractivity contribution is -0.145. The highest BCUT2D eigenvalue weighted by molar-refractivity contribution is 8.00. The van der Waals surface area contributed by atoms with E-state index in [1.165, 1.54) is 11.8 Å². The summed E-state index contributed by atoms with van der Waals surface area (Å²) in [6, 6.07) is -2.29. The quantitative estimate of drug-likeness (QED) is 0.208. The van der Waals surface area contributed by atoms with Gasteiger partial charge in [0.1, 0.15) is 24.2 Å². The summed E-state index contributed by atoms with van der Waals surface area (Å²) < 4.78 is 5.83. The molecular formula is C23H33N3O8S. The van der Waals surface area contributed by atoms with Gasteiger partial charge < -0.3 is 31.3 Å². The molecule has 0 spiro atoms. The number of allylic oxidation sites excluding steroid dienone is 1. The van der Waals surface area contributed by atoms with Crippen molar-refractivity contribution in [2.75, 3.05) is 12.3 Å². The molecule has 0 radical (unpaired) electrons. The zero-order valence-electron chi connectivity index (χ0n) is 19.9. The van der Waals surface area contributed by atoms with Gasteiger partial charge in [-0.05, 0) is 38.2 Å². The van der Waals surface area contributed by atoms with Gasteiger partial charge in [0.15, 0.2) is 0 Å². The van der Waals surface area contributed by atoms with Crippen LogP contribution in [0.5, 0.6) is 0 Å². The summed E-state index contributed by atoms with van der Waals surface area (Å²) in [5, 5.41) is 22.4. The fraction of sp³-hybridized carbons (Fsp3) is 0.609. The normalized spacial score (nSPS) is 21.5. The standard InChI is InChI=1S/C23H33N3O8S/c1-3-6-17(23(2)14-8-5-4-7-13(14)22(33)34-23)35-12-16(20(30)25-11-19(28)29)26-18(27)10-9-15(24)21(31)32/h4,7,15-17H,3,5-6,8-12,24H2,1-2H3,(H,25,30)(H,26,27)(H,28,29)(H,31,32)/t15-,16-,17+,23-/m0/s1. The molecular weight excluding hydrogens is 478 g/mol. The molecule has 0 aromatic heterocycles. The van der Waals surface area contributed by atoms with E-state index in [1.54, 1.807) is 6.08 Å². The number of carbonyl (C=O) groups excluding carboxylic acids is 3. The van der Waals surface area contributed by atoms with Crippen LogP contribution in [0.3, 0.4) is 0 Å². The third-order valence-corrected chi connectivity index (χ3v) is 7.60. The summed E-state index contributed by atoms with van der Waals surface area (Å²) in [5.41, 5.74) is 6.07. The zero-order chi connectivity index (χ0) is 26.2. The van der Waals surface area contributed by atoms with Gasteiger partial charge in [-0.15, -0.1) is 0 Å². The van der Waals surface area contributed by atoms with Gasteiger partial charge in [-0.25, -0.2) is 4.79 Å². The predicted molar refractivity (Wildman–Crippen MR) is 128 cm³/mol. The third kappa shape index (κ3) is 7.56. The molecule has 4 atom stereocenters. The highest BCUT2D eigenvalue weighted by atomic mass is 32.2. The second-order valence-corrected chi connectivity index (χ2v) is 9.89. The van der Waals surface area contributed by atoms with Crippen molar-refractivity contribution in [3.05, 3.63) is 23.3 Å². The first kappa shape index (κ1) is 28.4. The van der Waals surface area contributed by atoms with Crippen molar-refractivity contribution in [1.29, 1.82) is 0 Å². The Morgan fingerprint density at radius 2 is 1.97 bits per heavy atom. The Morgan fingerprint density at radius 1 is 1.26 bits per heavy atom. The van der Waals surface area contributed by atoms with Crippen molar-refractivity contribution in [2.24, 2.45) is 5.73 Å². The predicted octanol–water partition coefficient (Wildman–Crippen LogP) is 0.728. The minimum atomic E-state index is -1.24. The van der Waals surface area contributed by atoms with Crippen LogP contribution in [0.1, 0.15) is 52.4 Å². The summed E-state index contributed by atoms with van der Waals surface area (Å²) in [6.45, 7) is 3.25. The molecule has 1 aliphatic heterocycles. The Morgan fingerprint density at radius 3 is 2.60 bits per heavy atom. The number of hydrogen-bond acceptors (Lipinski definition) is 8. The number of rotatable bonds is 14. The lowest BCUT2D eigenvalue weighted by Gasteiger charge is -2.36. The minimum Gasteiger partial charge on any atom is -0.480 e. The van der Waals surface area contributed by atoms with Crippen molar-refractivity contribution < 1.29 is 38.9 Å². The van der Waals surface area contributed by atoms with Gasteiger partial charge in [-0.2, -0.15) is 11.8 Å². The number of hydrogen-bond donors (Lipinski definition) is 5. The van der Waals surface area contributed by atoms with E-state index in [0.29, 0.717) is 18.4 Å². The first-order chi connectivity index (χ1) is 16.5. The van der Waals surface area contributed by atoms with Crippen LogP contribution >= 0.6 is 11.8 Å². The third-order valence-electron chi connectivity index (χ3n) is 5.99. The molecule has 0 unspecified atom stereocenters. The number of carbonyl (C=O) groups is 5. The van der Waals surface area contributed by atoms with Crippen molar-refractivity contribution in [3.63, 3.8) is 0 Å². The van der Waals surface area contributed by atoms with E-state index in [-0.39, 0.29) is 29.8 Å². The minimum absolute atomic E-state index is 0.0957. The van der Waals surface area contributed by atoms with E-state index < -0.39 is 48.0 Å². The van der Waals surface area contributed by atoms with E-state index in [0.717, 1.165) is 18.4 Å². The molecule has 11 nitrogen and oxygen atoms in total. The van der Waals surface area contributed by atoms with Crippen LogP contribution in [0.4, 0.5) is 0 Å². The van der Waals surface area contributed by atoms with Crippen LogP contribution in [0.15, 0.2) is 23.3 Å². The second kappa shape index (κ2) is 12.7. The first-order valence-corrected chi connectivity index (χ1v) is 12.6. The Hall–Kier alpha value is -2.86. The number of carboxylic acids is 2. The molecule has 0 aromatic carbocycles. The maximum Gasteiger partial charge on any atom is 0.339 e. The summed E-state index contributed by atoms with van der Waals surface area (Å²) in [6.07, 6.45) is 6.35. The molecule has 1 heterocycles. The monoisotopic (exact) mass is 511 g/mol. The summed E-state index contributed by atoms with van der Waals surface area (Å²) in [5.74, 6) is -4.01. The number of nitrogens with two attached hydrogens (primary N) is 1. The summed E-state index contributed by atoms with van der Waals surface area (Å²) >= 11 is 1.36. The van der Waals surface area contributed by atoms with Gasteiger partial charge in [0.25, 0.3) is 0 Å². The number of thioether (sulfide) groups is 1. The summed E-state index contributed by atoms with van der Waals surface area (Å²) in [4.78, 5) is 59.3. The van der Waals surface area contributed by atoms with E-state index in [1.807, 2.05) is 19.9 Å². The Balaban J connectivity index is 2.14. The van der Waals surface area contributed by atoms with Crippen LogP contribution in [-0.2, 0) is 28.7 Å². The number of esters is 1. The fourth-order valence-corrected chi connectivity index (χ4v) is 5.65. The number of aliphatic carboxylic acids is 2. The molecule has 0 saturated heterocycles. The molecule has 2 aliphatic rings. The molecule has 194 valence electrons. The lowest BCUT2D eigenvalue weighted by atomic mass is 9.83. The van der Waals surface area contributed by atoms with Crippen LogP contribution in [-0.4, -0.2) is 75.2 Å². The van der Waals surface area contributed by atoms with Crippen LogP contribution < -0.4 is 16.4 Å². The van der Waals surface area contributed by atoms with E-state index >= 15 is 0 Å². The molecule has 0 aromatic rings. The maximum atomic E-state index is 12.7. The smallest absolute Gasteiger partial charge is 0.339 e. The van der Waals surface area contributed by atoms with Crippen LogP contribution in [0.25, 0.3) is 0 Å². The molecule has 6 N–H and O–H groups in total. The SMILES string of the molecule is CCC[C@@H](SC[C@H](NC(=O)CC[C@H](N)C(=O)O)C(=O)NCC(=O)O)[C@@]1(C)OC(=O)C2=C1CCC=C2. The molecule has 35 heavy (non-hydrogen) atoms. The van der Waals surface area contributed by atoms with Crippen molar-refractivity contribution in [3.8, 4) is 0 Å². The number of cyclic esters (lactones) is 1. The molecule has 0 saturated carbocycles. The van der Waals surface area contributed by atoms with Gasteiger partial charge in [-0.3, -0.25) is 19.2 Å². The van der Waals surface area contributed by atoms with Crippen LogP contribution in [0, 0.1) is 0 Å². The number of carboxylic acid groups (broad SMARTS) is 2. The van der Waals surface area contributed by atoms with Gasteiger partial charge >= 0.3 is 17.9 Å². The maximum absolute atomic E-state index is 12.7. The molecule has 0 fully saturated rings. The Labute approximate surface area is 207 Å². The molecule has 1 aliphatic carbocycles. The largest absolute Gasteiger partial charge is 0.480 e. The Kier molecular flexibility index (Phi) is 10.3. The average molecular weight is 512 g/mol. The van der Waals surface area contributed by atoms with Gasteiger partial charge in [0, 0.05) is 17.4 Å². The summed E-state index contributed by atoms with van der Waals surface area (Å²) in [7, 11) is 0. The molecule has 12 heteroatoms. The van der Waals surface area contributed by atoms with Crippen molar-refractivity contribution in [2.45, 2.75) is 75.3 Å². The number of ether oxygens (including phenoxy) is 1. The number of amides is 2. The topological polar surface area (TPSA) is 185 Å². The van der Waals surface area contributed by atoms with Gasteiger partial charge in [-0.1, -0.05) is 25.5 Å². The van der Waals surface area contributed by atoms with Crippen molar-refractivity contribution in [1.82, 2.24) is 10.6 Å². The molecule has 2 rings (SSSR count). The number of nitrogens with one attached hydrogen (secondary N) is 2. The highest BCUT2D eigenvalue weighted by Crippen LogP contribution is 2.45. The van der Waals surface area contributed by atoms with Crippen molar-refractivity contribution >= 4 is 41.5 Å². The highest BCUT2D eigenvalue weighted by Gasteiger charge is 2.48. The lowest BCUT2D eigenvalue weighted by Crippen LogP contribution is -2.50. The van der Waals surface area contributed by atoms with Gasteiger partial charge in [0.05, 0.1) is 5.57 Å². The fourth-order valence-electron chi connectivity index (χ4n) is 4.08. The van der Waals surface area contributed by atoms with E-state index in [4.69, 9.17) is 20.7 Å². The Bertz CT molecular complexity index is 918.